The van der Waals surface area contributed by atoms with Crippen molar-refractivity contribution in [3.8, 4) is 0 Å². The van der Waals surface area contributed by atoms with E-state index < -0.39 is 34.9 Å². The Morgan fingerprint density at radius 1 is 1.12 bits per heavy atom. The molecule has 0 saturated carbocycles. The number of amidine groups is 1. The standard InChI is InChI=1S/C30H30ClFN4O4/c1-16(2)40-21-14-29(3,39-5)25-26-30(21,4)27-34-23(17-9-11-19(31)12-10-17)24(18-7-6-8-20(32)13-18)36(27)28(38)35(26)15-22(37)33-25/h6-14,16,23-24H,15H2,1-5H3,(H,33,37). The lowest BCUT2D eigenvalue weighted by Crippen LogP contribution is -2.66. The van der Waals surface area contributed by atoms with Crippen LogP contribution in [0.4, 0.5) is 9.18 Å². The van der Waals surface area contributed by atoms with Crippen molar-refractivity contribution in [3.05, 3.63) is 93.7 Å². The van der Waals surface area contributed by atoms with Gasteiger partial charge in [-0.05, 0) is 69.2 Å². The van der Waals surface area contributed by atoms with Gasteiger partial charge in [0.2, 0.25) is 5.91 Å². The van der Waals surface area contributed by atoms with Gasteiger partial charge in [-0.25, -0.2) is 9.18 Å². The van der Waals surface area contributed by atoms with E-state index in [9.17, 15) is 14.0 Å². The van der Waals surface area contributed by atoms with Gasteiger partial charge in [0.15, 0.2) is 0 Å². The Hall–Kier alpha value is -3.69. The molecule has 0 bridgehead atoms. The molecule has 2 aromatic carbocycles. The summed E-state index contributed by atoms with van der Waals surface area (Å²) < 4.78 is 26.9. The van der Waals surface area contributed by atoms with Crippen LogP contribution < -0.4 is 5.32 Å². The first-order valence-electron chi connectivity index (χ1n) is 13.2. The zero-order chi connectivity index (χ0) is 28.6. The Bertz CT molecular complexity index is 1520. The Morgan fingerprint density at radius 3 is 2.50 bits per heavy atom. The van der Waals surface area contributed by atoms with Crippen LogP contribution in [0.2, 0.25) is 5.02 Å². The number of nitrogens with zero attached hydrogens (tertiary/aromatic N) is 3. The van der Waals surface area contributed by atoms with Crippen molar-refractivity contribution in [2.45, 2.75) is 51.5 Å². The van der Waals surface area contributed by atoms with Gasteiger partial charge in [-0.1, -0.05) is 35.9 Å². The number of hydrogen-bond donors (Lipinski definition) is 1. The third kappa shape index (κ3) is 3.78. The molecule has 6 rings (SSSR count). The summed E-state index contributed by atoms with van der Waals surface area (Å²) in [5, 5.41) is 3.54. The maximum atomic E-state index is 14.6. The van der Waals surface area contributed by atoms with Crippen LogP contribution >= 0.6 is 11.6 Å². The van der Waals surface area contributed by atoms with E-state index in [1.807, 2.05) is 45.9 Å². The Balaban J connectivity index is 1.64. The topological polar surface area (TPSA) is 83.5 Å². The minimum Gasteiger partial charge on any atom is -0.494 e. The fourth-order valence-corrected chi connectivity index (χ4v) is 6.32. The van der Waals surface area contributed by atoms with Crippen LogP contribution in [0, 0.1) is 11.2 Å². The fourth-order valence-electron chi connectivity index (χ4n) is 6.19. The zero-order valence-electron chi connectivity index (χ0n) is 22.9. The number of amides is 3. The van der Waals surface area contributed by atoms with E-state index >= 15 is 0 Å². The summed E-state index contributed by atoms with van der Waals surface area (Å²) in [5.74, 6) is 0.249. The molecule has 8 nitrogen and oxygen atoms in total. The van der Waals surface area contributed by atoms with E-state index in [2.05, 4.69) is 5.32 Å². The maximum absolute atomic E-state index is 14.6. The number of urea groups is 1. The number of benzene rings is 2. The van der Waals surface area contributed by atoms with E-state index in [4.69, 9.17) is 26.1 Å². The van der Waals surface area contributed by atoms with Gasteiger partial charge < -0.3 is 14.8 Å². The van der Waals surface area contributed by atoms with Crippen molar-refractivity contribution >= 4 is 29.4 Å². The van der Waals surface area contributed by atoms with Crippen molar-refractivity contribution in [2.75, 3.05) is 13.7 Å². The highest BCUT2D eigenvalue weighted by molar-refractivity contribution is 6.30. The predicted octanol–water partition coefficient (Wildman–Crippen LogP) is 5.49. The average Bonchev–Trinajstić information content (AvgIpc) is 3.32. The summed E-state index contributed by atoms with van der Waals surface area (Å²) >= 11 is 6.20. The molecule has 208 valence electrons. The zero-order valence-corrected chi connectivity index (χ0v) is 23.6. The van der Waals surface area contributed by atoms with E-state index in [1.54, 1.807) is 36.3 Å². The molecule has 0 radical (unpaired) electrons. The number of hydrogen-bond acceptors (Lipinski definition) is 5. The number of methoxy groups -OCH3 is 1. The third-order valence-corrected chi connectivity index (χ3v) is 8.33. The molecule has 1 N–H and O–H groups in total. The highest BCUT2D eigenvalue weighted by Gasteiger charge is 2.63. The van der Waals surface area contributed by atoms with Gasteiger partial charge in [-0.2, -0.15) is 0 Å². The third-order valence-electron chi connectivity index (χ3n) is 8.08. The summed E-state index contributed by atoms with van der Waals surface area (Å²) in [6.07, 6.45) is 1.65. The van der Waals surface area contributed by atoms with Gasteiger partial charge in [-0.15, -0.1) is 0 Å². The van der Waals surface area contributed by atoms with E-state index in [0.29, 0.717) is 33.6 Å². The summed E-state index contributed by atoms with van der Waals surface area (Å²) in [6.45, 7) is 7.43. The van der Waals surface area contributed by atoms with Crippen molar-refractivity contribution < 1.29 is 23.5 Å². The van der Waals surface area contributed by atoms with Crippen molar-refractivity contribution in [1.29, 1.82) is 0 Å². The Kier molecular flexibility index (Phi) is 6.08. The molecular formula is C30H30ClFN4O4. The molecule has 0 spiro atoms. The molecule has 1 aliphatic carbocycles. The highest BCUT2D eigenvalue weighted by Crippen LogP contribution is 2.57. The van der Waals surface area contributed by atoms with Gasteiger partial charge in [0.05, 0.1) is 23.5 Å². The molecule has 40 heavy (non-hydrogen) atoms. The second-order valence-corrected chi connectivity index (χ2v) is 11.5. The van der Waals surface area contributed by atoms with Crippen LogP contribution in [0.15, 0.2) is 76.8 Å². The lowest BCUT2D eigenvalue weighted by molar-refractivity contribution is -0.123. The first kappa shape index (κ1) is 26.5. The minimum absolute atomic E-state index is 0.187. The van der Waals surface area contributed by atoms with Crippen LogP contribution in [0.3, 0.4) is 0 Å². The number of carbonyl (C=O) groups is 2. The molecule has 2 aromatic rings. The molecule has 4 aliphatic rings. The van der Waals surface area contributed by atoms with Gasteiger partial charge in [0.1, 0.15) is 41.0 Å². The summed E-state index contributed by atoms with van der Waals surface area (Å²) in [6, 6.07) is 11.8. The Morgan fingerprint density at radius 2 is 1.85 bits per heavy atom. The molecule has 4 atom stereocenters. The molecule has 3 heterocycles. The second-order valence-electron chi connectivity index (χ2n) is 11.1. The lowest BCUT2D eigenvalue weighted by atomic mass is 9.71. The van der Waals surface area contributed by atoms with Crippen molar-refractivity contribution in [3.63, 3.8) is 0 Å². The highest BCUT2D eigenvalue weighted by atomic mass is 35.5. The normalized spacial score (nSPS) is 29.2. The predicted molar refractivity (Wildman–Crippen MR) is 148 cm³/mol. The summed E-state index contributed by atoms with van der Waals surface area (Å²) in [5.41, 5.74) is 0.296. The number of rotatable bonds is 5. The first-order valence-corrected chi connectivity index (χ1v) is 13.6. The molecule has 3 aliphatic heterocycles. The van der Waals surface area contributed by atoms with Crippen LogP contribution in [0.5, 0.6) is 0 Å². The van der Waals surface area contributed by atoms with E-state index in [0.717, 1.165) is 5.56 Å². The van der Waals surface area contributed by atoms with Crippen molar-refractivity contribution in [2.24, 2.45) is 10.4 Å². The molecule has 4 unspecified atom stereocenters. The summed E-state index contributed by atoms with van der Waals surface area (Å²) in [4.78, 5) is 35.7. The van der Waals surface area contributed by atoms with Crippen LogP contribution in [-0.2, 0) is 14.3 Å². The second kappa shape index (κ2) is 9.17. The Labute approximate surface area is 237 Å². The number of nitrogens with one attached hydrogen (secondary N) is 1. The monoisotopic (exact) mass is 564 g/mol. The van der Waals surface area contributed by atoms with Crippen molar-refractivity contribution in [1.82, 2.24) is 15.1 Å². The van der Waals surface area contributed by atoms with Crippen LogP contribution in [-0.4, -0.2) is 52.9 Å². The average molecular weight is 565 g/mol. The maximum Gasteiger partial charge on any atom is 0.330 e. The number of aliphatic imine (C=N–C) groups is 1. The quantitative estimate of drug-likeness (QED) is 0.521. The van der Waals surface area contributed by atoms with E-state index in [1.165, 1.54) is 17.0 Å². The molecule has 0 aromatic heterocycles. The van der Waals surface area contributed by atoms with Gasteiger partial charge >= 0.3 is 6.03 Å². The molecule has 10 heteroatoms. The lowest BCUT2D eigenvalue weighted by Gasteiger charge is -2.54. The smallest absolute Gasteiger partial charge is 0.330 e. The molecule has 3 amide bonds. The fraction of sp³-hybridized carbons (Fsp3) is 0.367. The first-order chi connectivity index (χ1) is 19.0. The summed E-state index contributed by atoms with van der Waals surface area (Å²) in [7, 11) is 1.55. The molecule has 1 saturated heterocycles. The number of fused-ring (bicyclic) bond motifs is 2. The minimum atomic E-state index is -1.06. The van der Waals surface area contributed by atoms with Crippen LogP contribution in [0.25, 0.3) is 0 Å². The number of carbonyl (C=O) groups excluding carboxylic acids is 2. The van der Waals surface area contributed by atoms with Crippen LogP contribution in [0.1, 0.15) is 50.9 Å². The van der Waals surface area contributed by atoms with Gasteiger partial charge in [-0.3, -0.25) is 19.6 Å². The molecule has 1 fully saturated rings. The SMILES string of the molecule is COC1(C)C=C(OC(C)C)C2(C)C3=NC(c4ccc(Cl)cc4)C(c4cccc(F)c4)N3C(=O)N3CC(=O)NC1=C32. The largest absolute Gasteiger partial charge is 0.494 e. The van der Waals surface area contributed by atoms with E-state index in [-0.39, 0.29) is 18.6 Å². The number of ether oxygens (including phenoxy) is 2. The van der Waals surface area contributed by atoms with Gasteiger partial charge in [0.25, 0.3) is 0 Å². The molecular weight excluding hydrogens is 535 g/mol. The number of halogens is 2. The van der Waals surface area contributed by atoms with Gasteiger partial charge in [0, 0.05) is 12.1 Å².